The number of furan rings is 1. The number of rotatable bonds is 19. The van der Waals surface area contributed by atoms with Gasteiger partial charge >= 0.3 is 12.2 Å². The first-order valence-electron chi connectivity index (χ1n) is 35.7. The number of ether oxygens (including phenoxy) is 5. The number of piperazine rings is 4. The SMILES string of the molecule is CC(C(=O)N1CCN(c2ccc(OCCN(C)C)cc2)CC1)n1cc2c(cc(N)n3nc(-c4ccco4)nc23)n1.CC(C)(C)OC(=O)N1CCN(c2ccc(O)cc2)CC1.CN(C)CCOc1ccc(N2CCN(C(=O)OC(C)(C)C)CC2)cc1.CN(C)CCOc1ccc(N2CCNCC2)cc1. The summed E-state index contributed by atoms with van der Waals surface area (Å²) in [5, 5.41) is 22.6. The zero-order chi connectivity index (χ0) is 73.8. The first-order valence-corrected chi connectivity index (χ1v) is 35.7. The highest BCUT2D eigenvalue weighted by molar-refractivity contribution is 5.94. The standard InChI is InChI=1S/C28H33N9O3.C19H31N3O3.C15H22N2O3.C14H23N3O/c1-19(28(38)35-12-10-34(11-13-35)20-6-8-21(9-7-20)39-16-14-33(2)3)36-18-22-23(31-36)17-25(29)37-27(22)30-26(32-37)24-5-4-15-40-24;1-19(2,3)25-18(23)22-12-10-21(11-13-22)16-6-8-17(9-7-16)24-15-14-20(4)5;1-15(2,3)20-14(19)17-10-8-16(9-11-17)12-4-6-13(18)7-5-12;1-16(2)11-12-18-14-5-3-13(4-6-14)17-9-7-15-8-10-17/h4-9,15,17-19H,10-14,16,29H2,1-3H3;6-9H,10-15H2,1-5H3;4-7,18H,8-11H2,1-3H3;3-6,15H,7-12H2,1-2H3. The minimum atomic E-state index is -0.480. The average molecular weight is 1420 g/mol. The number of hydrogen-bond acceptors (Lipinski definition) is 22. The van der Waals surface area contributed by atoms with Gasteiger partial charge in [-0.2, -0.15) is 9.61 Å². The van der Waals surface area contributed by atoms with Crippen molar-refractivity contribution in [3.05, 3.63) is 128 Å². The number of nitrogens with two attached hydrogens (primary N) is 1. The highest BCUT2D eigenvalue weighted by Crippen LogP contribution is 2.29. The monoisotopic (exact) mass is 1420 g/mol. The normalized spacial score (nSPS) is 15.5. The lowest BCUT2D eigenvalue weighted by molar-refractivity contribution is -0.134. The molecule has 4 N–H and O–H groups in total. The zero-order valence-electron chi connectivity index (χ0n) is 62.7. The van der Waals surface area contributed by atoms with Gasteiger partial charge in [0.05, 0.1) is 17.2 Å². The van der Waals surface area contributed by atoms with Gasteiger partial charge in [0.1, 0.15) is 65.9 Å². The number of likely N-dealkylation sites (N-methyl/N-ethyl adjacent to an activating group) is 3. The molecule has 8 aromatic rings. The molecule has 4 aromatic carbocycles. The van der Waals surface area contributed by atoms with E-state index in [1.165, 1.54) is 5.69 Å². The van der Waals surface area contributed by atoms with Crippen LogP contribution in [0.5, 0.6) is 23.0 Å². The lowest BCUT2D eigenvalue weighted by atomic mass is 10.2. The van der Waals surface area contributed by atoms with Crippen molar-refractivity contribution in [2.45, 2.75) is 65.7 Å². The maximum Gasteiger partial charge on any atom is 0.410 e. The molecule has 4 saturated heterocycles. The van der Waals surface area contributed by atoms with Crippen molar-refractivity contribution >= 4 is 63.2 Å². The van der Waals surface area contributed by atoms with Crippen molar-refractivity contribution in [3.63, 3.8) is 0 Å². The molecule has 103 heavy (non-hydrogen) atoms. The largest absolute Gasteiger partial charge is 0.508 e. The number of carbonyl (C=O) groups is 3. The van der Waals surface area contributed by atoms with E-state index < -0.39 is 17.2 Å². The summed E-state index contributed by atoms with van der Waals surface area (Å²) >= 11 is 0. The van der Waals surface area contributed by atoms with Gasteiger partial charge in [0.2, 0.25) is 11.7 Å². The number of phenols is 1. The Morgan fingerprint density at radius 1 is 0.544 bits per heavy atom. The molecular formula is C76H109N17O10. The predicted octanol–water partition coefficient (Wildman–Crippen LogP) is 8.94. The summed E-state index contributed by atoms with van der Waals surface area (Å²) in [4.78, 5) is 63.1. The molecule has 0 spiro atoms. The third-order valence-corrected chi connectivity index (χ3v) is 17.4. The summed E-state index contributed by atoms with van der Waals surface area (Å²) in [6.07, 6.45) is 2.94. The number of aromatic nitrogens is 5. The number of nitrogens with zero attached hydrogens (tertiary/aromatic N) is 15. The molecule has 4 aliphatic heterocycles. The van der Waals surface area contributed by atoms with Crippen LogP contribution < -0.4 is 44.9 Å². The van der Waals surface area contributed by atoms with Crippen molar-refractivity contribution in [1.82, 2.24) is 59.1 Å². The number of pyridine rings is 1. The number of hydrogen-bond donors (Lipinski definition) is 3. The summed E-state index contributed by atoms with van der Waals surface area (Å²) < 4.78 is 36.7. The lowest BCUT2D eigenvalue weighted by Crippen LogP contribution is -2.50. The van der Waals surface area contributed by atoms with E-state index in [4.69, 9.17) is 33.8 Å². The summed E-state index contributed by atoms with van der Waals surface area (Å²) in [6.45, 7) is 30.8. The van der Waals surface area contributed by atoms with E-state index in [0.29, 0.717) is 81.0 Å². The van der Waals surface area contributed by atoms with E-state index in [0.717, 1.165) is 131 Å². The van der Waals surface area contributed by atoms with Crippen LogP contribution in [0.25, 0.3) is 28.1 Å². The van der Waals surface area contributed by atoms with Crippen LogP contribution in [0.2, 0.25) is 0 Å². The van der Waals surface area contributed by atoms with Gasteiger partial charge in [-0.1, -0.05) is 0 Å². The van der Waals surface area contributed by atoms with E-state index in [9.17, 15) is 19.5 Å². The Morgan fingerprint density at radius 2 is 0.932 bits per heavy atom. The second-order valence-electron chi connectivity index (χ2n) is 28.7. The molecule has 1 unspecified atom stereocenters. The summed E-state index contributed by atoms with van der Waals surface area (Å²) in [7, 11) is 12.2. The van der Waals surface area contributed by atoms with Crippen molar-refractivity contribution in [2.75, 3.05) is 212 Å². The Balaban J connectivity index is 0.000000169. The van der Waals surface area contributed by atoms with Gasteiger partial charge in [0.25, 0.3) is 0 Å². The highest BCUT2D eigenvalue weighted by Gasteiger charge is 2.30. The van der Waals surface area contributed by atoms with E-state index in [-0.39, 0.29) is 23.8 Å². The maximum absolute atomic E-state index is 13.5. The van der Waals surface area contributed by atoms with E-state index in [1.54, 1.807) is 55.6 Å². The van der Waals surface area contributed by atoms with Gasteiger partial charge < -0.3 is 93.3 Å². The number of fused-ring (bicyclic) bond motifs is 3. The molecule has 8 heterocycles. The van der Waals surface area contributed by atoms with E-state index in [1.807, 2.05) is 124 Å². The number of nitrogen functional groups attached to an aromatic ring is 1. The molecule has 0 aliphatic carbocycles. The number of anilines is 5. The molecule has 3 amide bonds. The molecule has 4 fully saturated rings. The molecule has 4 aliphatic rings. The fourth-order valence-electron chi connectivity index (χ4n) is 11.7. The van der Waals surface area contributed by atoms with Crippen LogP contribution in [0.1, 0.15) is 54.5 Å². The van der Waals surface area contributed by atoms with Gasteiger partial charge in [-0.25, -0.2) is 14.6 Å². The first kappa shape index (κ1) is 77.5. The van der Waals surface area contributed by atoms with Gasteiger partial charge in [-0.05, 0) is 200 Å². The predicted molar refractivity (Wildman–Crippen MR) is 407 cm³/mol. The number of carbonyl (C=O) groups excluding carboxylic acids is 3. The highest BCUT2D eigenvalue weighted by atomic mass is 16.6. The van der Waals surface area contributed by atoms with Crippen LogP contribution in [0.15, 0.2) is 132 Å². The molecule has 12 rings (SSSR count). The average Bonchev–Trinajstić information content (AvgIpc) is 1.60. The quantitative estimate of drug-likeness (QED) is 0.0683. The third-order valence-electron chi connectivity index (χ3n) is 17.4. The zero-order valence-corrected chi connectivity index (χ0v) is 62.7. The van der Waals surface area contributed by atoms with Crippen LogP contribution in [-0.4, -0.2) is 275 Å². The second-order valence-corrected chi connectivity index (χ2v) is 28.7. The summed E-state index contributed by atoms with van der Waals surface area (Å²) in [5.74, 6) is 4.39. The fraction of sp³-hybridized carbons (Fsp3) is 0.500. The Kier molecular flexibility index (Phi) is 27.4. The molecular weight excluding hydrogens is 1310 g/mol. The Bertz CT molecular complexity index is 3880. The molecule has 0 radical (unpaired) electrons. The van der Waals surface area contributed by atoms with E-state index in [2.05, 4.69) is 117 Å². The van der Waals surface area contributed by atoms with Crippen molar-refractivity contribution in [2.24, 2.45) is 0 Å². The fourth-order valence-corrected chi connectivity index (χ4v) is 11.7. The van der Waals surface area contributed by atoms with Gasteiger partial charge in [0.15, 0.2) is 11.4 Å². The van der Waals surface area contributed by atoms with Crippen LogP contribution in [0.3, 0.4) is 0 Å². The Labute approximate surface area is 607 Å². The topological polar surface area (TPSA) is 249 Å². The first-order chi connectivity index (χ1) is 49.2. The van der Waals surface area contributed by atoms with Crippen LogP contribution in [0, 0.1) is 0 Å². The molecule has 0 bridgehead atoms. The Morgan fingerprint density at radius 3 is 1.31 bits per heavy atom. The molecule has 27 heteroatoms. The van der Waals surface area contributed by atoms with Crippen molar-refractivity contribution in [3.8, 4) is 34.6 Å². The van der Waals surface area contributed by atoms with Gasteiger partial charge in [0, 0.05) is 159 Å². The summed E-state index contributed by atoms with van der Waals surface area (Å²) in [6, 6.07) is 36.7. The molecule has 0 saturated carbocycles. The molecule has 27 nitrogen and oxygen atoms in total. The molecule has 558 valence electrons. The van der Waals surface area contributed by atoms with Gasteiger partial charge in [-0.15, -0.1) is 5.10 Å². The Hall–Kier alpha value is -9.70. The van der Waals surface area contributed by atoms with Crippen molar-refractivity contribution < 1.29 is 47.6 Å². The number of nitrogens with one attached hydrogen (secondary N) is 1. The van der Waals surface area contributed by atoms with Crippen LogP contribution in [0.4, 0.5) is 38.2 Å². The smallest absolute Gasteiger partial charge is 0.410 e. The van der Waals surface area contributed by atoms with E-state index >= 15 is 0 Å². The van der Waals surface area contributed by atoms with Crippen LogP contribution >= 0.6 is 0 Å². The number of phenolic OH excluding ortho intramolecular Hbond substituents is 1. The number of benzene rings is 4. The number of aromatic hydroxyl groups is 1. The molecule has 4 aromatic heterocycles. The lowest BCUT2D eigenvalue weighted by Gasteiger charge is -2.37. The van der Waals surface area contributed by atoms with Gasteiger partial charge in [-0.3, -0.25) is 9.48 Å². The minimum Gasteiger partial charge on any atom is -0.508 e. The maximum atomic E-state index is 13.5. The van der Waals surface area contributed by atoms with Crippen molar-refractivity contribution in [1.29, 1.82) is 0 Å². The number of amides is 3. The minimum absolute atomic E-state index is 0.0267. The third kappa shape index (κ3) is 23.4. The molecule has 1 atom stereocenters. The second kappa shape index (κ2) is 36.4. The van der Waals surface area contributed by atoms with Crippen LogP contribution in [-0.2, 0) is 14.3 Å². The summed E-state index contributed by atoms with van der Waals surface area (Å²) in [5.41, 5.74) is 11.2.